The first-order valence-corrected chi connectivity index (χ1v) is 9.17. The minimum Gasteiger partial charge on any atom is -0.117 e. The third-order valence-electron chi connectivity index (χ3n) is 6.17. The Morgan fingerprint density at radius 3 is 2.33 bits per heavy atom. The molecule has 0 N–H and O–H groups in total. The molecule has 0 amide bonds. The highest BCUT2D eigenvalue weighted by molar-refractivity contribution is 6.36. The topological polar surface area (TPSA) is 0 Å². The molecular formula is C18H21Cl3. The summed E-state index contributed by atoms with van der Waals surface area (Å²) >= 11 is 19.5. The van der Waals surface area contributed by atoms with Crippen molar-refractivity contribution in [3.05, 3.63) is 33.8 Å². The minimum atomic E-state index is 0.0208. The third kappa shape index (κ3) is 2.33. The van der Waals surface area contributed by atoms with Gasteiger partial charge in [-0.3, -0.25) is 0 Å². The zero-order valence-corrected chi connectivity index (χ0v) is 14.6. The zero-order chi connectivity index (χ0) is 14.8. The van der Waals surface area contributed by atoms with Gasteiger partial charge >= 0.3 is 0 Å². The van der Waals surface area contributed by atoms with Crippen LogP contribution >= 0.6 is 34.8 Å². The van der Waals surface area contributed by atoms with Crippen LogP contribution in [0.25, 0.3) is 0 Å². The van der Waals surface area contributed by atoms with E-state index in [1.165, 1.54) is 38.5 Å². The van der Waals surface area contributed by atoms with Gasteiger partial charge in [0.15, 0.2) is 0 Å². The minimum absolute atomic E-state index is 0.0208. The Bertz CT molecular complexity index is 566. The molecule has 21 heavy (non-hydrogen) atoms. The molecular weight excluding hydrogens is 323 g/mol. The lowest BCUT2D eigenvalue weighted by Gasteiger charge is -2.62. The predicted molar refractivity (Wildman–Crippen MR) is 90.3 cm³/mol. The van der Waals surface area contributed by atoms with Crippen molar-refractivity contribution in [3.63, 3.8) is 0 Å². The Kier molecular flexibility index (Phi) is 3.35. The summed E-state index contributed by atoms with van der Waals surface area (Å²) in [5.41, 5.74) is 1.84. The van der Waals surface area contributed by atoms with Crippen molar-refractivity contribution in [2.45, 2.75) is 50.8 Å². The molecule has 4 bridgehead atoms. The van der Waals surface area contributed by atoms with Crippen LogP contribution < -0.4 is 0 Å². The molecule has 1 aromatic rings. The molecule has 4 saturated carbocycles. The van der Waals surface area contributed by atoms with Crippen LogP contribution in [0.5, 0.6) is 0 Å². The van der Waals surface area contributed by atoms with Gasteiger partial charge < -0.3 is 0 Å². The SMILES string of the molecule is CC12CC3CC(C1)CC(C(Cl)c1ccc(Cl)cc1Cl)(C3)C2. The van der Waals surface area contributed by atoms with Crippen molar-refractivity contribution in [1.82, 2.24) is 0 Å². The summed E-state index contributed by atoms with van der Waals surface area (Å²) in [5.74, 6) is 1.76. The fourth-order valence-corrected chi connectivity index (χ4v) is 7.15. The normalized spacial score (nSPS) is 42.3. The van der Waals surface area contributed by atoms with Crippen molar-refractivity contribution in [2.24, 2.45) is 22.7 Å². The van der Waals surface area contributed by atoms with E-state index in [1.54, 1.807) is 0 Å². The highest BCUT2D eigenvalue weighted by Crippen LogP contribution is 2.69. The second-order valence-electron chi connectivity index (χ2n) is 8.16. The second kappa shape index (κ2) is 4.79. The molecule has 0 aliphatic heterocycles. The lowest BCUT2D eigenvalue weighted by atomic mass is 9.43. The molecule has 0 nitrogen and oxygen atoms in total. The first kappa shape index (κ1) is 14.7. The molecule has 4 aliphatic rings. The molecule has 0 heterocycles. The van der Waals surface area contributed by atoms with E-state index < -0.39 is 0 Å². The quantitative estimate of drug-likeness (QED) is 0.513. The van der Waals surface area contributed by atoms with Crippen LogP contribution in [0.4, 0.5) is 0 Å². The van der Waals surface area contributed by atoms with Crippen molar-refractivity contribution < 1.29 is 0 Å². The molecule has 0 saturated heterocycles. The van der Waals surface area contributed by atoms with Gasteiger partial charge in [-0.25, -0.2) is 0 Å². The van der Waals surface area contributed by atoms with E-state index in [9.17, 15) is 0 Å². The van der Waals surface area contributed by atoms with Crippen LogP contribution in [-0.2, 0) is 0 Å². The second-order valence-corrected chi connectivity index (χ2v) is 9.44. The summed E-state index contributed by atoms with van der Waals surface area (Å²) in [6.45, 7) is 2.48. The van der Waals surface area contributed by atoms with E-state index in [4.69, 9.17) is 34.8 Å². The monoisotopic (exact) mass is 342 g/mol. The standard InChI is InChI=1S/C18H21Cl3/c1-17-6-11-4-12(7-17)9-18(8-11,10-17)16(21)14-3-2-13(19)5-15(14)20/h2-3,5,11-12,16H,4,6-10H2,1H3. The Hall–Kier alpha value is 0.0900. The van der Waals surface area contributed by atoms with Gasteiger partial charge in [0, 0.05) is 10.0 Å². The number of hydrogen-bond donors (Lipinski definition) is 0. The number of benzene rings is 1. The first-order chi connectivity index (χ1) is 9.89. The van der Waals surface area contributed by atoms with Crippen LogP contribution in [0.1, 0.15) is 56.4 Å². The van der Waals surface area contributed by atoms with Crippen LogP contribution in [0.3, 0.4) is 0 Å². The smallest absolute Gasteiger partial charge is 0.0656 e. The summed E-state index contributed by atoms with van der Waals surface area (Å²) in [6, 6.07) is 5.78. The highest BCUT2D eigenvalue weighted by atomic mass is 35.5. The highest BCUT2D eigenvalue weighted by Gasteiger charge is 2.58. The Balaban J connectivity index is 1.72. The molecule has 4 fully saturated rings. The third-order valence-corrected chi connectivity index (χ3v) is 7.43. The van der Waals surface area contributed by atoms with Crippen LogP contribution in [0.15, 0.2) is 18.2 Å². The molecule has 3 heteroatoms. The zero-order valence-electron chi connectivity index (χ0n) is 12.3. The van der Waals surface area contributed by atoms with Crippen molar-refractivity contribution >= 4 is 34.8 Å². The van der Waals surface area contributed by atoms with Gasteiger partial charge in [-0.15, -0.1) is 11.6 Å². The number of rotatable bonds is 2. The summed E-state index contributed by atoms with van der Waals surface area (Å²) in [5, 5.41) is 1.43. The molecule has 114 valence electrons. The average Bonchev–Trinajstić information content (AvgIpc) is 2.35. The van der Waals surface area contributed by atoms with E-state index in [1.807, 2.05) is 18.2 Å². The van der Waals surface area contributed by atoms with Gasteiger partial charge in [0.1, 0.15) is 0 Å². The lowest BCUT2D eigenvalue weighted by molar-refractivity contribution is -0.103. The lowest BCUT2D eigenvalue weighted by Crippen LogP contribution is -2.52. The number of halogens is 3. The van der Waals surface area contributed by atoms with E-state index in [-0.39, 0.29) is 10.8 Å². The maximum Gasteiger partial charge on any atom is 0.0656 e. The summed E-state index contributed by atoms with van der Waals surface area (Å²) in [4.78, 5) is 0. The molecule has 3 atom stereocenters. The fourth-order valence-electron chi connectivity index (χ4n) is 6.13. The largest absolute Gasteiger partial charge is 0.117 e. The van der Waals surface area contributed by atoms with E-state index in [0.717, 1.165) is 22.4 Å². The molecule has 0 spiro atoms. The van der Waals surface area contributed by atoms with Crippen molar-refractivity contribution in [2.75, 3.05) is 0 Å². The number of alkyl halides is 1. The van der Waals surface area contributed by atoms with Gasteiger partial charge in [0.05, 0.1) is 5.38 Å². The van der Waals surface area contributed by atoms with E-state index in [0.29, 0.717) is 10.4 Å². The molecule has 0 aromatic heterocycles. The Labute approximate surface area is 142 Å². The molecule has 4 aliphatic carbocycles. The van der Waals surface area contributed by atoms with Gasteiger partial charge in [0.2, 0.25) is 0 Å². The summed E-state index contributed by atoms with van der Waals surface area (Å²) < 4.78 is 0. The molecule has 5 rings (SSSR count). The molecule has 3 unspecified atom stereocenters. The van der Waals surface area contributed by atoms with Crippen LogP contribution in [0, 0.1) is 22.7 Å². The molecule has 1 aromatic carbocycles. The summed E-state index contributed by atoms with van der Waals surface area (Å²) in [7, 11) is 0. The Morgan fingerprint density at radius 2 is 1.76 bits per heavy atom. The average molecular weight is 344 g/mol. The van der Waals surface area contributed by atoms with Gasteiger partial charge in [-0.1, -0.05) is 36.2 Å². The van der Waals surface area contributed by atoms with Crippen LogP contribution in [0.2, 0.25) is 10.0 Å². The summed E-state index contributed by atoms with van der Waals surface area (Å²) in [6.07, 6.45) is 8.07. The maximum absolute atomic E-state index is 7.02. The van der Waals surface area contributed by atoms with Crippen LogP contribution in [-0.4, -0.2) is 0 Å². The number of hydrogen-bond acceptors (Lipinski definition) is 0. The Morgan fingerprint density at radius 1 is 1.10 bits per heavy atom. The molecule has 0 radical (unpaired) electrons. The van der Waals surface area contributed by atoms with Gasteiger partial charge in [-0.05, 0) is 78.9 Å². The van der Waals surface area contributed by atoms with E-state index in [2.05, 4.69) is 6.92 Å². The fraction of sp³-hybridized carbons (Fsp3) is 0.667. The van der Waals surface area contributed by atoms with Crippen molar-refractivity contribution in [1.29, 1.82) is 0 Å². The van der Waals surface area contributed by atoms with Crippen molar-refractivity contribution in [3.8, 4) is 0 Å². The first-order valence-electron chi connectivity index (χ1n) is 7.98. The predicted octanol–water partition coefficient (Wildman–Crippen LogP) is 6.88. The van der Waals surface area contributed by atoms with Gasteiger partial charge in [0.25, 0.3) is 0 Å². The van der Waals surface area contributed by atoms with Gasteiger partial charge in [-0.2, -0.15) is 0 Å². The van der Waals surface area contributed by atoms with E-state index >= 15 is 0 Å². The maximum atomic E-state index is 7.02.